The van der Waals surface area contributed by atoms with Crippen LogP contribution < -0.4 is 4.74 Å². The fourth-order valence-electron chi connectivity index (χ4n) is 3.09. The molecule has 3 rings (SSSR count). The van der Waals surface area contributed by atoms with Crippen molar-refractivity contribution in [2.45, 2.75) is 27.2 Å². The predicted octanol–water partition coefficient (Wildman–Crippen LogP) is 5.69. The summed E-state index contributed by atoms with van der Waals surface area (Å²) in [5.41, 5.74) is 3.11. The van der Waals surface area contributed by atoms with Crippen molar-refractivity contribution < 1.29 is 9.53 Å². The van der Waals surface area contributed by atoms with Crippen LogP contribution in [0.2, 0.25) is 0 Å². The molecule has 0 aliphatic carbocycles. The molecule has 0 bridgehead atoms. The Morgan fingerprint density at radius 2 is 1.89 bits per heavy atom. The minimum absolute atomic E-state index is 0.112. The molecule has 142 valence electrons. The van der Waals surface area contributed by atoms with E-state index in [1.807, 2.05) is 55.5 Å². The molecule has 1 N–H and O–H groups in total. The van der Waals surface area contributed by atoms with E-state index in [0.29, 0.717) is 18.1 Å². The standard InChI is InChI=1S/C24H24N2O2/c1-16(2)12-13-28-20-10-8-18(9-11-20)14-19(15-25)24(27)23-17(3)26-22-7-5-4-6-21(22)23/h4-11,14,16,26H,12-13H2,1-3H3. The van der Waals surface area contributed by atoms with Crippen LogP contribution in [0.5, 0.6) is 5.75 Å². The van der Waals surface area contributed by atoms with Crippen molar-refractivity contribution in [3.8, 4) is 11.8 Å². The average Bonchev–Trinajstić information content (AvgIpc) is 3.02. The van der Waals surface area contributed by atoms with Gasteiger partial charge in [-0.2, -0.15) is 5.26 Å². The summed E-state index contributed by atoms with van der Waals surface area (Å²) < 4.78 is 5.72. The predicted molar refractivity (Wildman–Crippen MR) is 112 cm³/mol. The summed E-state index contributed by atoms with van der Waals surface area (Å²) in [6, 6.07) is 17.1. The third kappa shape index (κ3) is 4.32. The van der Waals surface area contributed by atoms with Crippen molar-refractivity contribution in [1.82, 2.24) is 4.98 Å². The minimum atomic E-state index is -0.269. The number of carbonyl (C=O) groups excluding carboxylic acids is 1. The number of nitriles is 1. The number of fused-ring (bicyclic) bond motifs is 1. The topological polar surface area (TPSA) is 65.9 Å². The first-order valence-electron chi connectivity index (χ1n) is 9.46. The highest BCUT2D eigenvalue weighted by atomic mass is 16.5. The lowest BCUT2D eigenvalue weighted by molar-refractivity contribution is 0.104. The molecule has 4 heteroatoms. The summed E-state index contributed by atoms with van der Waals surface area (Å²) in [6.07, 6.45) is 2.63. The van der Waals surface area contributed by atoms with E-state index in [-0.39, 0.29) is 11.4 Å². The van der Waals surface area contributed by atoms with E-state index in [4.69, 9.17) is 4.74 Å². The molecular weight excluding hydrogens is 348 g/mol. The minimum Gasteiger partial charge on any atom is -0.494 e. The number of aromatic nitrogens is 1. The van der Waals surface area contributed by atoms with Gasteiger partial charge in [0.05, 0.1) is 12.2 Å². The maximum absolute atomic E-state index is 13.0. The highest BCUT2D eigenvalue weighted by Gasteiger charge is 2.19. The van der Waals surface area contributed by atoms with Crippen LogP contribution in [-0.4, -0.2) is 17.4 Å². The van der Waals surface area contributed by atoms with Gasteiger partial charge in [-0.15, -0.1) is 0 Å². The molecule has 0 aliphatic rings. The lowest BCUT2D eigenvalue weighted by Gasteiger charge is -2.08. The maximum Gasteiger partial charge on any atom is 0.205 e. The molecule has 3 aromatic rings. The molecule has 4 nitrogen and oxygen atoms in total. The van der Waals surface area contributed by atoms with Gasteiger partial charge in [0.1, 0.15) is 17.4 Å². The van der Waals surface area contributed by atoms with Crippen molar-refractivity contribution in [2.75, 3.05) is 6.61 Å². The lowest BCUT2D eigenvalue weighted by atomic mass is 9.99. The van der Waals surface area contributed by atoms with Gasteiger partial charge in [0, 0.05) is 16.6 Å². The molecule has 0 spiro atoms. The zero-order valence-corrected chi connectivity index (χ0v) is 16.5. The van der Waals surface area contributed by atoms with Crippen molar-refractivity contribution in [2.24, 2.45) is 5.92 Å². The number of allylic oxidation sites excluding steroid dienone is 1. The second-order valence-electron chi connectivity index (χ2n) is 7.27. The van der Waals surface area contributed by atoms with Crippen molar-refractivity contribution >= 4 is 22.8 Å². The van der Waals surface area contributed by atoms with E-state index in [1.54, 1.807) is 6.08 Å². The van der Waals surface area contributed by atoms with Crippen LogP contribution >= 0.6 is 0 Å². The Balaban J connectivity index is 1.82. The molecule has 1 aromatic heterocycles. The molecular formula is C24H24N2O2. The monoisotopic (exact) mass is 372 g/mol. The Labute approximate surface area is 165 Å². The van der Waals surface area contributed by atoms with Gasteiger partial charge in [0.2, 0.25) is 5.78 Å². The third-order valence-electron chi connectivity index (χ3n) is 4.64. The van der Waals surface area contributed by atoms with E-state index in [2.05, 4.69) is 24.9 Å². The van der Waals surface area contributed by atoms with Crippen LogP contribution in [-0.2, 0) is 0 Å². The smallest absolute Gasteiger partial charge is 0.205 e. The molecule has 0 aliphatic heterocycles. The number of Topliss-reactive ketones (excluding diaryl/α,β-unsaturated/α-hetero) is 1. The Kier molecular flexibility index (Phi) is 5.96. The average molecular weight is 372 g/mol. The third-order valence-corrected chi connectivity index (χ3v) is 4.64. The van der Waals surface area contributed by atoms with Crippen molar-refractivity contribution in [3.05, 3.63) is 70.9 Å². The van der Waals surface area contributed by atoms with Crippen LogP contribution in [0.1, 0.15) is 41.9 Å². The van der Waals surface area contributed by atoms with Crippen molar-refractivity contribution in [3.63, 3.8) is 0 Å². The van der Waals surface area contributed by atoms with Crippen LogP contribution in [0.25, 0.3) is 17.0 Å². The first-order chi connectivity index (χ1) is 13.5. The molecule has 1 heterocycles. The zero-order chi connectivity index (χ0) is 20.1. The van der Waals surface area contributed by atoms with Gasteiger partial charge in [0.25, 0.3) is 0 Å². The SMILES string of the molecule is Cc1[nH]c2ccccc2c1C(=O)C(C#N)=Cc1ccc(OCCC(C)C)cc1. The molecule has 2 aromatic carbocycles. The second-order valence-corrected chi connectivity index (χ2v) is 7.27. The number of aromatic amines is 1. The van der Waals surface area contributed by atoms with Gasteiger partial charge in [-0.05, 0) is 49.1 Å². The van der Waals surface area contributed by atoms with Crippen molar-refractivity contribution in [1.29, 1.82) is 5.26 Å². The van der Waals surface area contributed by atoms with Crippen LogP contribution in [0.3, 0.4) is 0 Å². The first kappa shape index (κ1) is 19.4. The largest absolute Gasteiger partial charge is 0.494 e. The van der Waals surface area contributed by atoms with E-state index in [0.717, 1.165) is 34.3 Å². The van der Waals surface area contributed by atoms with E-state index in [1.165, 1.54) is 0 Å². The number of rotatable bonds is 7. The quantitative estimate of drug-likeness (QED) is 0.329. The molecule has 0 atom stereocenters. The summed E-state index contributed by atoms with van der Waals surface area (Å²) in [5.74, 6) is 1.11. The number of ether oxygens (including phenoxy) is 1. The molecule has 0 saturated heterocycles. The van der Waals surface area contributed by atoms with Gasteiger partial charge in [-0.3, -0.25) is 4.79 Å². The first-order valence-corrected chi connectivity index (χ1v) is 9.46. The fraction of sp³-hybridized carbons (Fsp3) is 0.250. The normalized spacial score (nSPS) is 11.6. The Morgan fingerprint density at radius 1 is 1.18 bits per heavy atom. The number of para-hydroxylation sites is 1. The number of nitrogens with zero attached hydrogens (tertiary/aromatic N) is 1. The number of aryl methyl sites for hydroxylation is 1. The Hall–Kier alpha value is -3.32. The summed E-state index contributed by atoms with van der Waals surface area (Å²) in [4.78, 5) is 16.2. The van der Waals surface area contributed by atoms with Gasteiger partial charge < -0.3 is 9.72 Å². The second kappa shape index (κ2) is 8.58. The maximum atomic E-state index is 13.0. The molecule has 0 unspecified atom stereocenters. The van der Waals surface area contributed by atoms with Gasteiger partial charge in [0.15, 0.2) is 0 Å². The lowest BCUT2D eigenvalue weighted by Crippen LogP contribution is -2.03. The number of benzene rings is 2. The number of hydrogen-bond acceptors (Lipinski definition) is 3. The van der Waals surface area contributed by atoms with Crippen LogP contribution in [0, 0.1) is 24.2 Å². The van der Waals surface area contributed by atoms with E-state index >= 15 is 0 Å². The van der Waals surface area contributed by atoms with Crippen LogP contribution in [0.4, 0.5) is 0 Å². The molecule has 0 fully saturated rings. The fourth-order valence-corrected chi connectivity index (χ4v) is 3.09. The molecule has 0 saturated carbocycles. The molecule has 0 amide bonds. The van der Waals surface area contributed by atoms with Crippen LogP contribution in [0.15, 0.2) is 54.1 Å². The molecule has 0 radical (unpaired) electrons. The zero-order valence-electron chi connectivity index (χ0n) is 16.5. The summed E-state index contributed by atoms with van der Waals surface area (Å²) >= 11 is 0. The number of nitrogens with one attached hydrogen (secondary N) is 1. The van der Waals surface area contributed by atoms with Gasteiger partial charge in [-0.1, -0.05) is 44.2 Å². The van der Waals surface area contributed by atoms with Gasteiger partial charge >= 0.3 is 0 Å². The summed E-state index contributed by atoms with van der Waals surface area (Å²) in [5, 5.41) is 10.4. The molecule has 28 heavy (non-hydrogen) atoms. The summed E-state index contributed by atoms with van der Waals surface area (Å²) in [7, 11) is 0. The number of carbonyl (C=O) groups is 1. The Bertz CT molecular complexity index is 1050. The van der Waals surface area contributed by atoms with E-state index < -0.39 is 0 Å². The Morgan fingerprint density at radius 3 is 2.57 bits per heavy atom. The number of ketones is 1. The van der Waals surface area contributed by atoms with E-state index in [9.17, 15) is 10.1 Å². The highest BCUT2D eigenvalue weighted by Crippen LogP contribution is 2.25. The van der Waals surface area contributed by atoms with Gasteiger partial charge in [-0.25, -0.2) is 0 Å². The highest BCUT2D eigenvalue weighted by molar-refractivity contribution is 6.20. The number of H-pyrrole nitrogens is 1. The summed E-state index contributed by atoms with van der Waals surface area (Å²) in [6.45, 7) is 6.85. The number of hydrogen-bond donors (Lipinski definition) is 1.